The average Bonchev–Trinajstić information content (AvgIpc) is 2.99. The normalized spacial score (nSPS) is 18.5. The topological polar surface area (TPSA) is 24.8 Å². The minimum atomic E-state index is 0.522. The summed E-state index contributed by atoms with van der Waals surface area (Å²) >= 11 is 0. The number of methoxy groups -OCH3 is 1. The predicted octanol–water partition coefficient (Wildman–Crippen LogP) is 4.26. The molecule has 0 saturated carbocycles. The van der Waals surface area contributed by atoms with Crippen LogP contribution in [0.15, 0.2) is 59.6 Å². The van der Waals surface area contributed by atoms with Crippen LogP contribution in [0.2, 0.25) is 0 Å². The number of benzene rings is 2. The Bertz CT molecular complexity index is 651. The molecule has 3 heteroatoms. The third kappa shape index (κ3) is 2.98. The summed E-state index contributed by atoms with van der Waals surface area (Å²) in [4.78, 5) is 7.35. The molecule has 1 aliphatic heterocycles. The van der Waals surface area contributed by atoms with Crippen LogP contribution in [0.5, 0.6) is 5.75 Å². The maximum Gasteiger partial charge on any atom is 0.144 e. The predicted molar refractivity (Wildman–Crippen MR) is 91.0 cm³/mol. The third-order valence-electron chi connectivity index (χ3n) is 4.17. The Hall–Kier alpha value is -2.29. The molecular formula is C19H22N2O. The maximum absolute atomic E-state index is 5.45. The van der Waals surface area contributed by atoms with Crippen molar-refractivity contribution in [3.63, 3.8) is 0 Å². The second-order valence-electron chi connectivity index (χ2n) is 5.66. The second kappa shape index (κ2) is 6.65. The van der Waals surface area contributed by atoms with Gasteiger partial charge in [0, 0.05) is 18.2 Å². The van der Waals surface area contributed by atoms with Crippen LogP contribution in [-0.4, -0.2) is 30.4 Å². The van der Waals surface area contributed by atoms with Crippen LogP contribution in [0, 0.1) is 0 Å². The van der Waals surface area contributed by atoms with Gasteiger partial charge in [-0.1, -0.05) is 42.5 Å². The molecule has 1 unspecified atom stereocenters. The Labute approximate surface area is 132 Å². The quantitative estimate of drug-likeness (QED) is 0.624. The average molecular weight is 294 g/mol. The van der Waals surface area contributed by atoms with Gasteiger partial charge in [0.05, 0.1) is 7.11 Å². The molecule has 1 atom stereocenters. The van der Waals surface area contributed by atoms with E-state index < -0.39 is 0 Å². The molecular weight excluding hydrogens is 272 g/mol. The molecule has 114 valence electrons. The summed E-state index contributed by atoms with van der Waals surface area (Å²) in [5, 5.41) is 0. The highest BCUT2D eigenvalue weighted by atomic mass is 16.5. The Morgan fingerprint density at radius 2 is 1.82 bits per heavy atom. The number of ether oxygens (including phenoxy) is 1. The molecule has 2 aromatic rings. The molecule has 3 rings (SSSR count). The number of nitrogens with zero attached hydrogens (tertiary/aromatic N) is 2. The number of para-hydroxylation sites is 2. The molecule has 0 spiro atoms. The first-order valence-electron chi connectivity index (χ1n) is 7.83. The molecule has 3 nitrogen and oxygen atoms in total. The van der Waals surface area contributed by atoms with E-state index in [4.69, 9.17) is 9.73 Å². The van der Waals surface area contributed by atoms with Crippen molar-refractivity contribution in [2.24, 2.45) is 4.99 Å². The minimum Gasteiger partial charge on any atom is -0.494 e. The fourth-order valence-electron chi connectivity index (χ4n) is 2.97. The Morgan fingerprint density at radius 1 is 1.09 bits per heavy atom. The van der Waals surface area contributed by atoms with Gasteiger partial charge < -0.3 is 9.64 Å². The van der Waals surface area contributed by atoms with Crippen LogP contribution in [-0.2, 0) is 0 Å². The fraction of sp³-hybridized carbons (Fsp3) is 0.316. The van der Waals surface area contributed by atoms with Crippen molar-refractivity contribution in [3.05, 3.63) is 60.2 Å². The summed E-state index contributed by atoms with van der Waals surface area (Å²) in [7, 11) is 1.69. The Balaban J connectivity index is 2.07. The SMILES string of the molecule is COc1ccccc1N=C(c1ccccc1)N1CCCC1C. The lowest BCUT2D eigenvalue weighted by Gasteiger charge is -2.26. The molecule has 22 heavy (non-hydrogen) atoms. The summed E-state index contributed by atoms with van der Waals surface area (Å²) in [6.07, 6.45) is 2.44. The monoisotopic (exact) mass is 294 g/mol. The summed E-state index contributed by atoms with van der Waals surface area (Å²) in [5.74, 6) is 1.85. The standard InChI is InChI=1S/C19H22N2O/c1-15-9-8-14-21(15)19(16-10-4-3-5-11-16)20-17-12-6-7-13-18(17)22-2/h3-7,10-13,15H,8-9,14H2,1-2H3. The van der Waals surface area contributed by atoms with Gasteiger partial charge in [-0.3, -0.25) is 0 Å². The fourth-order valence-corrected chi connectivity index (χ4v) is 2.97. The van der Waals surface area contributed by atoms with Crippen LogP contribution in [0.4, 0.5) is 5.69 Å². The maximum atomic E-state index is 5.45. The van der Waals surface area contributed by atoms with E-state index in [1.54, 1.807) is 7.11 Å². The van der Waals surface area contributed by atoms with Crippen molar-refractivity contribution in [1.29, 1.82) is 0 Å². The lowest BCUT2D eigenvalue weighted by Crippen LogP contribution is -2.34. The highest BCUT2D eigenvalue weighted by Gasteiger charge is 2.24. The van der Waals surface area contributed by atoms with Crippen molar-refractivity contribution in [2.75, 3.05) is 13.7 Å². The van der Waals surface area contributed by atoms with E-state index in [9.17, 15) is 0 Å². The molecule has 0 radical (unpaired) electrons. The smallest absolute Gasteiger partial charge is 0.144 e. The number of likely N-dealkylation sites (tertiary alicyclic amines) is 1. The highest BCUT2D eigenvalue weighted by molar-refractivity contribution is 6.01. The van der Waals surface area contributed by atoms with E-state index in [1.165, 1.54) is 12.8 Å². The van der Waals surface area contributed by atoms with Crippen molar-refractivity contribution in [3.8, 4) is 5.75 Å². The van der Waals surface area contributed by atoms with Crippen LogP contribution in [0.1, 0.15) is 25.3 Å². The Kier molecular flexibility index (Phi) is 4.42. The first-order valence-corrected chi connectivity index (χ1v) is 7.83. The van der Waals surface area contributed by atoms with Gasteiger partial charge in [0.15, 0.2) is 0 Å². The molecule has 0 aromatic heterocycles. The lowest BCUT2D eigenvalue weighted by atomic mass is 10.1. The molecule has 0 amide bonds. The molecule has 0 aliphatic carbocycles. The highest BCUT2D eigenvalue weighted by Crippen LogP contribution is 2.29. The van der Waals surface area contributed by atoms with Crippen LogP contribution >= 0.6 is 0 Å². The summed E-state index contributed by atoms with van der Waals surface area (Å²) in [6.45, 7) is 3.33. The van der Waals surface area contributed by atoms with E-state index in [0.717, 1.165) is 29.4 Å². The Morgan fingerprint density at radius 3 is 2.50 bits per heavy atom. The van der Waals surface area contributed by atoms with Crippen molar-refractivity contribution in [1.82, 2.24) is 4.90 Å². The van der Waals surface area contributed by atoms with E-state index in [1.807, 2.05) is 30.3 Å². The van der Waals surface area contributed by atoms with E-state index in [-0.39, 0.29) is 0 Å². The van der Waals surface area contributed by atoms with Gasteiger partial charge in [-0.25, -0.2) is 4.99 Å². The van der Waals surface area contributed by atoms with Gasteiger partial charge in [0.25, 0.3) is 0 Å². The van der Waals surface area contributed by atoms with Gasteiger partial charge in [0.2, 0.25) is 0 Å². The molecule has 1 heterocycles. The van der Waals surface area contributed by atoms with Crippen molar-refractivity contribution in [2.45, 2.75) is 25.8 Å². The first kappa shape index (κ1) is 14.6. The second-order valence-corrected chi connectivity index (χ2v) is 5.66. The van der Waals surface area contributed by atoms with Gasteiger partial charge in [-0.15, -0.1) is 0 Å². The van der Waals surface area contributed by atoms with E-state index in [2.05, 4.69) is 36.1 Å². The number of amidine groups is 1. The lowest BCUT2D eigenvalue weighted by molar-refractivity contribution is 0.410. The number of hydrogen-bond donors (Lipinski definition) is 0. The first-order chi connectivity index (χ1) is 10.8. The van der Waals surface area contributed by atoms with E-state index in [0.29, 0.717) is 6.04 Å². The van der Waals surface area contributed by atoms with Crippen LogP contribution < -0.4 is 4.74 Å². The largest absolute Gasteiger partial charge is 0.494 e. The zero-order valence-electron chi connectivity index (χ0n) is 13.2. The minimum absolute atomic E-state index is 0.522. The molecule has 1 fully saturated rings. The van der Waals surface area contributed by atoms with Crippen molar-refractivity contribution >= 4 is 11.5 Å². The molecule has 0 N–H and O–H groups in total. The van der Waals surface area contributed by atoms with Gasteiger partial charge >= 0.3 is 0 Å². The number of rotatable bonds is 3. The van der Waals surface area contributed by atoms with Crippen LogP contribution in [0.3, 0.4) is 0 Å². The molecule has 1 aliphatic rings. The molecule has 1 saturated heterocycles. The van der Waals surface area contributed by atoms with Gasteiger partial charge in [-0.05, 0) is 31.9 Å². The van der Waals surface area contributed by atoms with Crippen LogP contribution in [0.25, 0.3) is 0 Å². The number of aliphatic imine (C=N–C) groups is 1. The molecule has 0 bridgehead atoms. The summed E-state index contributed by atoms with van der Waals surface area (Å²) in [6, 6.07) is 18.9. The van der Waals surface area contributed by atoms with Gasteiger partial charge in [0.1, 0.15) is 17.3 Å². The summed E-state index contributed by atoms with van der Waals surface area (Å²) in [5.41, 5.74) is 2.03. The third-order valence-corrected chi connectivity index (χ3v) is 4.17. The zero-order chi connectivity index (χ0) is 15.4. The summed E-state index contributed by atoms with van der Waals surface area (Å²) < 4.78 is 5.45. The molecule has 2 aromatic carbocycles. The van der Waals surface area contributed by atoms with E-state index >= 15 is 0 Å². The number of hydrogen-bond acceptors (Lipinski definition) is 2. The van der Waals surface area contributed by atoms with Gasteiger partial charge in [-0.2, -0.15) is 0 Å². The zero-order valence-corrected chi connectivity index (χ0v) is 13.2. The van der Waals surface area contributed by atoms with Crippen molar-refractivity contribution < 1.29 is 4.74 Å².